The molecule has 1 heterocycles. The summed E-state index contributed by atoms with van der Waals surface area (Å²) in [7, 11) is 1.59. The minimum Gasteiger partial charge on any atom is -0.481 e. The fourth-order valence-electron chi connectivity index (χ4n) is 0.871. The molecule has 1 aromatic heterocycles. The number of aromatic nitrogens is 1. The number of nitrogens with two attached hydrogens (primary N) is 1. The van der Waals surface area contributed by atoms with Crippen molar-refractivity contribution in [3.63, 3.8) is 0 Å². The van der Waals surface area contributed by atoms with E-state index in [9.17, 15) is 0 Å². The van der Waals surface area contributed by atoms with Crippen LogP contribution in [0.3, 0.4) is 0 Å². The van der Waals surface area contributed by atoms with Gasteiger partial charge in [-0.15, -0.1) is 0 Å². The van der Waals surface area contributed by atoms with E-state index < -0.39 is 0 Å². The Morgan fingerprint density at radius 3 is 2.92 bits per heavy atom. The van der Waals surface area contributed by atoms with Gasteiger partial charge in [0.1, 0.15) is 0 Å². The summed E-state index contributed by atoms with van der Waals surface area (Å²) in [5, 5.41) is 0. The summed E-state index contributed by atoms with van der Waals surface area (Å²) in [4.78, 5) is 4.20. The molecule has 0 aliphatic heterocycles. The van der Waals surface area contributed by atoms with Gasteiger partial charge < -0.3 is 4.74 Å². The molecule has 0 aromatic carbocycles. The van der Waals surface area contributed by atoms with Gasteiger partial charge in [-0.05, 0) is 13.0 Å². The van der Waals surface area contributed by atoms with Crippen LogP contribution in [0.4, 0.5) is 0 Å². The van der Waals surface area contributed by atoms with Crippen molar-refractivity contribution in [3.05, 3.63) is 23.9 Å². The highest BCUT2D eigenvalue weighted by molar-refractivity contribution is 5.17. The van der Waals surface area contributed by atoms with Gasteiger partial charge in [-0.1, -0.05) is 6.07 Å². The van der Waals surface area contributed by atoms with E-state index >= 15 is 0 Å². The summed E-state index contributed by atoms with van der Waals surface area (Å²) in [6.45, 7) is 1.93. The Hall–Kier alpha value is -1.13. The molecule has 4 heteroatoms. The van der Waals surface area contributed by atoms with Gasteiger partial charge in [0, 0.05) is 6.07 Å². The molecule has 12 heavy (non-hydrogen) atoms. The highest BCUT2D eigenvalue weighted by Crippen LogP contribution is 2.12. The molecule has 0 bridgehead atoms. The molecule has 1 aromatic rings. The van der Waals surface area contributed by atoms with Gasteiger partial charge in [0.15, 0.2) is 0 Å². The van der Waals surface area contributed by atoms with Gasteiger partial charge in [0.25, 0.3) is 0 Å². The fraction of sp³-hybridized carbons (Fsp3) is 0.375. The molecule has 0 saturated heterocycles. The lowest BCUT2D eigenvalue weighted by Crippen LogP contribution is -2.26. The Labute approximate surface area is 71.7 Å². The van der Waals surface area contributed by atoms with Gasteiger partial charge in [-0.2, -0.15) is 0 Å². The van der Waals surface area contributed by atoms with Gasteiger partial charge in [0.2, 0.25) is 5.88 Å². The second-order valence-electron chi connectivity index (χ2n) is 2.49. The molecule has 3 N–H and O–H groups in total. The van der Waals surface area contributed by atoms with E-state index in [0.717, 1.165) is 5.69 Å². The SMILES string of the molecule is COc1cccc([C@H](C)NN)n1. The topological polar surface area (TPSA) is 60.2 Å². The molecule has 0 spiro atoms. The van der Waals surface area contributed by atoms with Crippen LogP contribution in [0.5, 0.6) is 5.88 Å². The van der Waals surface area contributed by atoms with Gasteiger partial charge in [-0.25, -0.2) is 4.98 Å². The Morgan fingerprint density at radius 1 is 1.58 bits per heavy atom. The third kappa shape index (κ3) is 1.93. The standard InChI is InChI=1S/C8H13N3O/c1-6(11-9)7-4-3-5-8(10-7)12-2/h3-6,11H,9H2,1-2H3/t6-/m0/s1. The predicted octanol–water partition coefficient (Wildman–Crippen LogP) is 0.615. The first-order valence-electron chi connectivity index (χ1n) is 3.75. The van der Waals surface area contributed by atoms with Crippen molar-refractivity contribution in [1.82, 2.24) is 10.4 Å². The predicted molar refractivity (Wildman–Crippen MR) is 46.5 cm³/mol. The van der Waals surface area contributed by atoms with Crippen LogP contribution in [0.25, 0.3) is 0 Å². The zero-order valence-corrected chi connectivity index (χ0v) is 7.24. The zero-order valence-electron chi connectivity index (χ0n) is 7.24. The van der Waals surface area contributed by atoms with Crippen molar-refractivity contribution in [1.29, 1.82) is 0 Å². The van der Waals surface area contributed by atoms with Crippen molar-refractivity contribution in [3.8, 4) is 5.88 Å². The number of methoxy groups -OCH3 is 1. The Bertz CT molecular complexity index is 252. The third-order valence-electron chi connectivity index (χ3n) is 1.65. The van der Waals surface area contributed by atoms with Crippen LogP contribution in [0.1, 0.15) is 18.7 Å². The lowest BCUT2D eigenvalue weighted by atomic mass is 10.2. The van der Waals surface area contributed by atoms with Crippen molar-refractivity contribution in [2.75, 3.05) is 7.11 Å². The molecule has 0 unspecified atom stereocenters. The average molecular weight is 167 g/mol. The minimum absolute atomic E-state index is 0.0418. The molecule has 1 rings (SSSR count). The van der Waals surface area contributed by atoms with Crippen LogP contribution in [0, 0.1) is 0 Å². The summed E-state index contributed by atoms with van der Waals surface area (Å²) in [5.41, 5.74) is 3.49. The normalized spacial score (nSPS) is 12.6. The van der Waals surface area contributed by atoms with E-state index in [2.05, 4.69) is 10.4 Å². The molecule has 0 aliphatic carbocycles. The van der Waals surface area contributed by atoms with Crippen LogP contribution < -0.4 is 16.0 Å². The minimum atomic E-state index is 0.0418. The maximum absolute atomic E-state index is 5.26. The first kappa shape index (κ1) is 8.96. The lowest BCUT2D eigenvalue weighted by molar-refractivity contribution is 0.394. The quantitative estimate of drug-likeness (QED) is 0.511. The number of rotatable bonds is 3. The number of hydrogen-bond acceptors (Lipinski definition) is 4. The van der Waals surface area contributed by atoms with Crippen LogP contribution in [-0.4, -0.2) is 12.1 Å². The van der Waals surface area contributed by atoms with Crippen molar-refractivity contribution < 1.29 is 4.74 Å². The van der Waals surface area contributed by atoms with E-state index in [4.69, 9.17) is 10.6 Å². The average Bonchev–Trinajstić information content (AvgIpc) is 2.17. The zero-order chi connectivity index (χ0) is 8.97. The highest BCUT2D eigenvalue weighted by Gasteiger charge is 2.04. The largest absolute Gasteiger partial charge is 0.481 e. The molecule has 1 atom stereocenters. The number of hydrazine groups is 1. The molecule has 66 valence electrons. The van der Waals surface area contributed by atoms with Crippen LogP contribution >= 0.6 is 0 Å². The van der Waals surface area contributed by atoms with Crippen LogP contribution in [-0.2, 0) is 0 Å². The summed E-state index contributed by atoms with van der Waals surface area (Å²) in [5.74, 6) is 5.87. The van der Waals surface area contributed by atoms with Gasteiger partial charge in [-0.3, -0.25) is 11.3 Å². The van der Waals surface area contributed by atoms with Crippen molar-refractivity contribution >= 4 is 0 Å². The molecular formula is C8H13N3O. The molecule has 0 aliphatic rings. The van der Waals surface area contributed by atoms with E-state index in [1.807, 2.05) is 19.1 Å². The van der Waals surface area contributed by atoms with E-state index in [1.54, 1.807) is 13.2 Å². The molecule has 0 fully saturated rings. The summed E-state index contributed by atoms with van der Waals surface area (Å²) in [6.07, 6.45) is 0. The fourth-order valence-corrected chi connectivity index (χ4v) is 0.871. The van der Waals surface area contributed by atoms with E-state index in [0.29, 0.717) is 5.88 Å². The van der Waals surface area contributed by atoms with Gasteiger partial charge >= 0.3 is 0 Å². The van der Waals surface area contributed by atoms with E-state index in [-0.39, 0.29) is 6.04 Å². The Morgan fingerprint density at radius 2 is 2.33 bits per heavy atom. The summed E-state index contributed by atoms with van der Waals surface area (Å²) in [6, 6.07) is 5.62. The highest BCUT2D eigenvalue weighted by atomic mass is 16.5. The number of nitrogens with zero attached hydrogens (tertiary/aromatic N) is 1. The number of ether oxygens (including phenoxy) is 1. The number of hydrogen-bond donors (Lipinski definition) is 2. The molecule has 0 amide bonds. The number of pyridine rings is 1. The first-order valence-corrected chi connectivity index (χ1v) is 3.75. The third-order valence-corrected chi connectivity index (χ3v) is 1.65. The van der Waals surface area contributed by atoms with Crippen LogP contribution in [0.15, 0.2) is 18.2 Å². The molecule has 0 radical (unpaired) electrons. The van der Waals surface area contributed by atoms with E-state index in [1.165, 1.54) is 0 Å². The second-order valence-corrected chi connectivity index (χ2v) is 2.49. The second kappa shape index (κ2) is 4.04. The van der Waals surface area contributed by atoms with Crippen molar-refractivity contribution in [2.24, 2.45) is 5.84 Å². The molecule has 4 nitrogen and oxygen atoms in total. The van der Waals surface area contributed by atoms with Gasteiger partial charge in [0.05, 0.1) is 18.8 Å². The smallest absolute Gasteiger partial charge is 0.213 e. The maximum Gasteiger partial charge on any atom is 0.213 e. The molecular weight excluding hydrogens is 154 g/mol. The van der Waals surface area contributed by atoms with Crippen LogP contribution in [0.2, 0.25) is 0 Å². The van der Waals surface area contributed by atoms with Crippen molar-refractivity contribution in [2.45, 2.75) is 13.0 Å². The monoisotopic (exact) mass is 167 g/mol. The Balaban J connectivity index is 2.86. The number of nitrogens with one attached hydrogen (secondary N) is 1. The maximum atomic E-state index is 5.26. The Kier molecular flexibility index (Phi) is 3.01. The first-order chi connectivity index (χ1) is 5.77. The lowest BCUT2D eigenvalue weighted by Gasteiger charge is -2.09. The summed E-state index contributed by atoms with van der Waals surface area (Å²) >= 11 is 0. The summed E-state index contributed by atoms with van der Waals surface area (Å²) < 4.78 is 4.97. The molecule has 0 saturated carbocycles.